The standard InChI is InChI=1S/C22H24Cl3FN2OS/c23-18-4-2-17(20(25)11-18)14-30-10-7-27-22(29)15-5-8-28(9-6-15)13-16-1-3-19(24)12-21(16)26/h1-4,11-12,15H,5-10,13-14H2,(H,27,29). The third kappa shape index (κ3) is 7.03. The minimum atomic E-state index is -0.278. The lowest BCUT2D eigenvalue weighted by atomic mass is 9.95. The van der Waals surface area contributed by atoms with Crippen LogP contribution in [0.25, 0.3) is 0 Å². The highest BCUT2D eigenvalue weighted by Crippen LogP contribution is 2.25. The van der Waals surface area contributed by atoms with Crippen LogP contribution in [-0.4, -0.2) is 36.2 Å². The molecular weight excluding hydrogens is 466 g/mol. The number of carbonyl (C=O) groups is 1. The summed E-state index contributed by atoms with van der Waals surface area (Å²) in [4.78, 5) is 14.6. The Morgan fingerprint density at radius 2 is 1.73 bits per heavy atom. The minimum absolute atomic E-state index is 0.0204. The van der Waals surface area contributed by atoms with Gasteiger partial charge in [-0.3, -0.25) is 9.69 Å². The Morgan fingerprint density at radius 3 is 2.40 bits per heavy atom. The molecule has 1 aliphatic rings. The Bertz CT molecular complexity index is 875. The second-order valence-electron chi connectivity index (χ2n) is 7.37. The predicted molar refractivity (Wildman–Crippen MR) is 125 cm³/mol. The second kappa shape index (κ2) is 11.6. The molecule has 0 atom stereocenters. The average molecular weight is 490 g/mol. The maximum atomic E-state index is 14.0. The molecule has 2 aromatic carbocycles. The fourth-order valence-corrected chi connectivity index (χ4v) is 5.03. The summed E-state index contributed by atoms with van der Waals surface area (Å²) in [5.74, 6) is 1.45. The Hall–Kier alpha value is -0.980. The third-order valence-corrected chi connectivity index (χ3v) is 7.02. The smallest absolute Gasteiger partial charge is 0.223 e. The highest BCUT2D eigenvalue weighted by atomic mass is 35.5. The summed E-state index contributed by atoms with van der Waals surface area (Å²) in [7, 11) is 0. The SMILES string of the molecule is O=C(NCCSCc1ccc(Cl)cc1Cl)C1CCN(Cc2ccc(Cl)cc2F)CC1. The van der Waals surface area contributed by atoms with E-state index in [1.54, 1.807) is 30.0 Å². The van der Waals surface area contributed by atoms with Crippen molar-refractivity contribution in [2.24, 2.45) is 5.92 Å². The van der Waals surface area contributed by atoms with Crippen LogP contribution in [0, 0.1) is 11.7 Å². The molecule has 0 bridgehead atoms. The average Bonchev–Trinajstić information content (AvgIpc) is 2.71. The Balaban J connectivity index is 1.33. The quantitative estimate of drug-likeness (QED) is 0.458. The number of benzene rings is 2. The van der Waals surface area contributed by atoms with Gasteiger partial charge in [-0.1, -0.05) is 46.9 Å². The molecule has 30 heavy (non-hydrogen) atoms. The van der Waals surface area contributed by atoms with E-state index in [-0.39, 0.29) is 17.6 Å². The van der Waals surface area contributed by atoms with Crippen molar-refractivity contribution in [3.05, 3.63) is 68.4 Å². The van der Waals surface area contributed by atoms with Gasteiger partial charge in [-0.25, -0.2) is 4.39 Å². The van der Waals surface area contributed by atoms with E-state index in [1.165, 1.54) is 6.07 Å². The maximum absolute atomic E-state index is 14.0. The highest BCUT2D eigenvalue weighted by Gasteiger charge is 2.25. The van der Waals surface area contributed by atoms with Crippen LogP contribution in [-0.2, 0) is 17.1 Å². The fourth-order valence-electron chi connectivity index (χ4n) is 3.46. The zero-order valence-corrected chi connectivity index (χ0v) is 19.6. The molecule has 0 unspecified atom stereocenters. The van der Waals surface area contributed by atoms with Gasteiger partial charge in [0.1, 0.15) is 5.82 Å². The number of carbonyl (C=O) groups excluding carboxylic acids is 1. The lowest BCUT2D eigenvalue weighted by Gasteiger charge is -2.31. The lowest BCUT2D eigenvalue weighted by Crippen LogP contribution is -2.40. The van der Waals surface area contributed by atoms with E-state index in [1.807, 2.05) is 12.1 Å². The summed E-state index contributed by atoms with van der Waals surface area (Å²) in [6.45, 7) is 2.74. The molecule has 1 saturated heterocycles. The number of rotatable bonds is 8. The largest absolute Gasteiger partial charge is 0.355 e. The van der Waals surface area contributed by atoms with Crippen molar-refractivity contribution in [3.63, 3.8) is 0 Å². The lowest BCUT2D eigenvalue weighted by molar-refractivity contribution is -0.126. The van der Waals surface area contributed by atoms with Crippen molar-refractivity contribution in [1.29, 1.82) is 0 Å². The molecule has 0 saturated carbocycles. The van der Waals surface area contributed by atoms with Crippen LogP contribution in [0.5, 0.6) is 0 Å². The molecule has 0 aliphatic carbocycles. The summed E-state index contributed by atoms with van der Waals surface area (Å²) in [6.07, 6.45) is 1.57. The summed E-state index contributed by atoms with van der Waals surface area (Å²) >= 11 is 19.6. The number of hydrogen-bond donors (Lipinski definition) is 1. The number of likely N-dealkylation sites (tertiary alicyclic amines) is 1. The van der Waals surface area contributed by atoms with Crippen molar-refractivity contribution in [3.8, 4) is 0 Å². The van der Waals surface area contributed by atoms with Crippen molar-refractivity contribution in [2.75, 3.05) is 25.4 Å². The van der Waals surface area contributed by atoms with Crippen LogP contribution in [0.1, 0.15) is 24.0 Å². The molecule has 0 spiro atoms. The zero-order chi connectivity index (χ0) is 21.5. The Kier molecular flexibility index (Phi) is 9.14. The molecule has 1 N–H and O–H groups in total. The molecule has 3 rings (SSSR count). The van der Waals surface area contributed by atoms with Crippen LogP contribution in [0.4, 0.5) is 4.39 Å². The molecule has 3 nitrogen and oxygen atoms in total. The van der Waals surface area contributed by atoms with Crippen LogP contribution < -0.4 is 5.32 Å². The Labute approximate surface area is 196 Å². The van der Waals surface area contributed by atoms with Gasteiger partial charge in [0.2, 0.25) is 5.91 Å². The van der Waals surface area contributed by atoms with Gasteiger partial charge in [0, 0.05) is 51.1 Å². The molecule has 1 aliphatic heterocycles. The fraction of sp³-hybridized carbons (Fsp3) is 0.409. The first-order valence-corrected chi connectivity index (χ1v) is 12.2. The van der Waals surface area contributed by atoms with Crippen molar-refractivity contribution >= 4 is 52.5 Å². The van der Waals surface area contributed by atoms with Gasteiger partial charge in [-0.15, -0.1) is 0 Å². The number of amides is 1. The van der Waals surface area contributed by atoms with Gasteiger partial charge in [-0.05, 0) is 55.8 Å². The maximum Gasteiger partial charge on any atom is 0.223 e. The van der Waals surface area contributed by atoms with Gasteiger partial charge < -0.3 is 5.32 Å². The molecule has 0 aromatic heterocycles. The highest BCUT2D eigenvalue weighted by molar-refractivity contribution is 7.98. The molecule has 1 fully saturated rings. The number of hydrogen-bond acceptors (Lipinski definition) is 3. The van der Waals surface area contributed by atoms with Crippen LogP contribution in [0.2, 0.25) is 15.1 Å². The van der Waals surface area contributed by atoms with Crippen LogP contribution in [0.15, 0.2) is 36.4 Å². The van der Waals surface area contributed by atoms with Crippen LogP contribution in [0.3, 0.4) is 0 Å². The second-order valence-corrected chi connectivity index (χ2v) is 9.75. The number of nitrogens with zero attached hydrogens (tertiary/aromatic N) is 1. The van der Waals surface area contributed by atoms with Gasteiger partial charge >= 0.3 is 0 Å². The number of halogens is 4. The first-order valence-electron chi connectivity index (χ1n) is 9.88. The molecule has 0 radical (unpaired) electrons. The van der Waals surface area contributed by atoms with Crippen molar-refractivity contribution < 1.29 is 9.18 Å². The third-order valence-electron chi connectivity index (χ3n) is 5.19. The Morgan fingerprint density at radius 1 is 1.07 bits per heavy atom. The summed E-state index contributed by atoms with van der Waals surface area (Å²) in [5, 5.41) is 4.74. The van der Waals surface area contributed by atoms with Crippen molar-refractivity contribution in [2.45, 2.75) is 25.1 Å². The number of thioether (sulfide) groups is 1. The molecule has 1 heterocycles. The molecule has 162 valence electrons. The minimum Gasteiger partial charge on any atom is -0.355 e. The molecule has 1 amide bonds. The van der Waals surface area contributed by atoms with E-state index in [2.05, 4.69) is 10.2 Å². The van der Waals surface area contributed by atoms with E-state index in [0.29, 0.717) is 33.7 Å². The zero-order valence-electron chi connectivity index (χ0n) is 16.5. The van der Waals surface area contributed by atoms with E-state index < -0.39 is 0 Å². The predicted octanol–water partition coefficient (Wildman–Crippen LogP) is 6.05. The van der Waals surface area contributed by atoms with E-state index >= 15 is 0 Å². The van der Waals surface area contributed by atoms with Gasteiger partial charge in [0.15, 0.2) is 0 Å². The normalized spacial score (nSPS) is 15.3. The van der Waals surface area contributed by atoms with E-state index in [4.69, 9.17) is 34.8 Å². The van der Waals surface area contributed by atoms with Gasteiger partial charge in [0.25, 0.3) is 0 Å². The van der Waals surface area contributed by atoms with Gasteiger partial charge in [-0.2, -0.15) is 11.8 Å². The first-order chi connectivity index (χ1) is 14.4. The molecule has 8 heteroatoms. The summed E-state index contributed by atoms with van der Waals surface area (Å²) < 4.78 is 14.0. The monoisotopic (exact) mass is 488 g/mol. The summed E-state index contributed by atoms with van der Waals surface area (Å²) in [6, 6.07) is 10.3. The number of piperidine rings is 1. The summed E-state index contributed by atoms with van der Waals surface area (Å²) in [5.41, 5.74) is 1.68. The topological polar surface area (TPSA) is 32.3 Å². The number of nitrogens with one attached hydrogen (secondary N) is 1. The van der Waals surface area contributed by atoms with Crippen LogP contribution >= 0.6 is 46.6 Å². The molecular formula is C22H24Cl3FN2OS. The van der Waals surface area contributed by atoms with E-state index in [9.17, 15) is 9.18 Å². The molecule has 2 aromatic rings. The van der Waals surface area contributed by atoms with E-state index in [0.717, 1.165) is 43.0 Å². The van der Waals surface area contributed by atoms with Crippen molar-refractivity contribution in [1.82, 2.24) is 10.2 Å². The van der Waals surface area contributed by atoms with Gasteiger partial charge in [0.05, 0.1) is 0 Å². The first kappa shape index (κ1) is 23.7.